The Morgan fingerprint density at radius 1 is 1.00 bits per heavy atom. The van der Waals surface area contributed by atoms with Crippen LogP contribution in [0.5, 0.6) is 0 Å². The van der Waals surface area contributed by atoms with Crippen LogP contribution in [0, 0.1) is 0 Å². The summed E-state index contributed by atoms with van der Waals surface area (Å²) in [6.07, 6.45) is 3.24. The average Bonchev–Trinajstić information content (AvgIpc) is 2.62. The van der Waals surface area contributed by atoms with E-state index in [2.05, 4.69) is 4.74 Å². The molecule has 0 unspecified atom stereocenters. The number of pyridine rings is 1. The summed E-state index contributed by atoms with van der Waals surface area (Å²) in [7, 11) is 1.27. The van der Waals surface area contributed by atoms with E-state index in [0.717, 1.165) is 0 Å². The highest BCUT2D eigenvalue weighted by Gasteiger charge is 2.16. The standard InChI is InChI=1S/C18H18NO5.BrH/c1-23-17(21)9-11-24-18(22)15-8-5-10-19(12-15)13-16(20)14-6-3-2-4-7-14;/h2-8,10,12H,9,11,13H2,1H3;1H/q+1;/p-1. The van der Waals surface area contributed by atoms with Crippen LogP contribution in [-0.2, 0) is 20.8 Å². The Morgan fingerprint density at radius 3 is 2.36 bits per heavy atom. The van der Waals surface area contributed by atoms with E-state index in [0.29, 0.717) is 11.1 Å². The van der Waals surface area contributed by atoms with Crippen LogP contribution >= 0.6 is 0 Å². The number of ketones is 1. The van der Waals surface area contributed by atoms with Crippen LogP contribution < -0.4 is 21.5 Å². The van der Waals surface area contributed by atoms with Crippen molar-refractivity contribution >= 4 is 17.7 Å². The zero-order chi connectivity index (χ0) is 17.4. The molecular weight excluding hydrogens is 390 g/mol. The Labute approximate surface area is 156 Å². The van der Waals surface area contributed by atoms with E-state index in [9.17, 15) is 14.4 Å². The number of carbonyl (C=O) groups is 3. The molecule has 0 spiro atoms. The number of aromatic nitrogens is 1. The first-order chi connectivity index (χ1) is 11.6. The molecule has 2 rings (SSSR count). The predicted octanol–water partition coefficient (Wildman–Crippen LogP) is -1.42. The van der Waals surface area contributed by atoms with Crippen LogP contribution in [0.2, 0.25) is 0 Å². The SMILES string of the molecule is COC(=O)CCOC(=O)c1ccc[n+](CC(=O)c2ccccc2)c1.[Br-]. The maximum atomic E-state index is 12.2. The normalized spacial score (nSPS) is 9.64. The molecule has 25 heavy (non-hydrogen) atoms. The number of halogens is 1. The summed E-state index contributed by atoms with van der Waals surface area (Å²) in [5.74, 6) is -1.06. The monoisotopic (exact) mass is 407 g/mol. The second kappa shape index (κ2) is 10.4. The molecule has 0 N–H and O–H groups in total. The molecule has 0 radical (unpaired) electrons. The molecule has 132 valence electrons. The second-order valence-electron chi connectivity index (χ2n) is 5.02. The highest BCUT2D eigenvalue weighted by Crippen LogP contribution is 2.02. The zero-order valence-corrected chi connectivity index (χ0v) is 15.3. The molecule has 0 saturated heterocycles. The minimum absolute atomic E-state index is 0. The summed E-state index contributed by atoms with van der Waals surface area (Å²) >= 11 is 0. The maximum Gasteiger partial charge on any atom is 0.344 e. The number of nitrogens with zero attached hydrogens (tertiary/aromatic N) is 1. The van der Waals surface area contributed by atoms with Gasteiger partial charge in [0.2, 0.25) is 12.3 Å². The first-order valence-electron chi connectivity index (χ1n) is 7.41. The largest absolute Gasteiger partial charge is 1.00 e. The predicted molar refractivity (Wildman–Crippen MR) is 84.3 cm³/mol. The molecule has 0 aliphatic rings. The lowest BCUT2D eigenvalue weighted by Crippen LogP contribution is -3.00. The molecule has 2 aromatic rings. The molecule has 0 fully saturated rings. The first kappa shape index (κ1) is 20.5. The van der Waals surface area contributed by atoms with Crippen LogP contribution in [0.3, 0.4) is 0 Å². The summed E-state index contributed by atoms with van der Waals surface area (Å²) in [5.41, 5.74) is 0.916. The number of carbonyl (C=O) groups excluding carboxylic acids is 3. The molecule has 7 heteroatoms. The smallest absolute Gasteiger partial charge is 0.344 e. The van der Waals surface area contributed by atoms with Gasteiger partial charge in [-0.1, -0.05) is 30.3 Å². The summed E-state index contributed by atoms with van der Waals surface area (Å²) in [5, 5.41) is 0. The third-order valence-electron chi connectivity index (χ3n) is 3.28. The van der Waals surface area contributed by atoms with Crippen LogP contribution in [0.4, 0.5) is 0 Å². The van der Waals surface area contributed by atoms with Crippen molar-refractivity contribution in [2.75, 3.05) is 13.7 Å². The van der Waals surface area contributed by atoms with E-state index in [1.807, 2.05) is 6.07 Å². The van der Waals surface area contributed by atoms with Gasteiger partial charge in [0, 0.05) is 11.6 Å². The molecule has 0 saturated carbocycles. The van der Waals surface area contributed by atoms with Gasteiger partial charge in [-0.05, 0) is 6.07 Å². The van der Waals surface area contributed by atoms with Crippen LogP contribution in [0.25, 0.3) is 0 Å². The molecule has 1 aromatic carbocycles. The zero-order valence-electron chi connectivity index (χ0n) is 13.7. The lowest BCUT2D eigenvalue weighted by Gasteiger charge is -2.03. The Bertz CT molecular complexity index is 733. The third-order valence-corrected chi connectivity index (χ3v) is 3.28. The van der Waals surface area contributed by atoms with Gasteiger partial charge >= 0.3 is 11.9 Å². The van der Waals surface area contributed by atoms with E-state index in [1.165, 1.54) is 7.11 Å². The molecule has 0 atom stereocenters. The fraction of sp³-hybridized carbons (Fsp3) is 0.222. The van der Waals surface area contributed by atoms with Crippen LogP contribution in [0.1, 0.15) is 27.1 Å². The van der Waals surface area contributed by atoms with Gasteiger partial charge in [-0.2, -0.15) is 4.57 Å². The van der Waals surface area contributed by atoms with Gasteiger partial charge in [-0.3, -0.25) is 9.59 Å². The number of esters is 2. The molecule has 0 bridgehead atoms. The second-order valence-corrected chi connectivity index (χ2v) is 5.02. The van der Waals surface area contributed by atoms with Gasteiger partial charge in [0.25, 0.3) is 0 Å². The van der Waals surface area contributed by atoms with E-state index in [4.69, 9.17) is 4.74 Å². The highest BCUT2D eigenvalue weighted by molar-refractivity contribution is 5.95. The quantitative estimate of drug-likeness (QED) is 0.320. The Kier molecular flexibility index (Phi) is 8.49. The topological polar surface area (TPSA) is 73.6 Å². The fourth-order valence-corrected chi connectivity index (χ4v) is 2.03. The van der Waals surface area contributed by atoms with Gasteiger partial charge in [-0.25, -0.2) is 4.79 Å². The summed E-state index contributed by atoms with van der Waals surface area (Å²) < 4.78 is 11.1. The van der Waals surface area contributed by atoms with Crippen molar-refractivity contribution in [3.05, 3.63) is 66.0 Å². The summed E-state index contributed by atoms with van der Waals surface area (Å²) in [6.45, 7) is 0.0661. The van der Waals surface area contributed by atoms with Gasteiger partial charge < -0.3 is 26.5 Å². The first-order valence-corrected chi connectivity index (χ1v) is 7.41. The van der Waals surface area contributed by atoms with Gasteiger partial charge in [0.1, 0.15) is 12.2 Å². The van der Waals surface area contributed by atoms with Crippen molar-refractivity contribution in [1.29, 1.82) is 0 Å². The van der Waals surface area contributed by atoms with Crippen molar-refractivity contribution in [1.82, 2.24) is 0 Å². The number of hydrogen-bond donors (Lipinski definition) is 0. The Morgan fingerprint density at radius 2 is 1.68 bits per heavy atom. The average molecular weight is 408 g/mol. The Balaban J connectivity index is 0.00000312. The van der Waals surface area contributed by atoms with Crippen molar-refractivity contribution in [3.63, 3.8) is 0 Å². The molecule has 1 heterocycles. The molecule has 6 nitrogen and oxygen atoms in total. The van der Waals surface area contributed by atoms with E-state index in [1.54, 1.807) is 53.4 Å². The van der Waals surface area contributed by atoms with E-state index in [-0.39, 0.29) is 42.3 Å². The van der Waals surface area contributed by atoms with Crippen molar-refractivity contribution < 1.29 is 45.4 Å². The molecule has 1 aromatic heterocycles. The third kappa shape index (κ3) is 6.46. The minimum Gasteiger partial charge on any atom is -1.00 e. The van der Waals surface area contributed by atoms with Gasteiger partial charge in [0.15, 0.2) is 12.4 Å². The number of benzene rings is 1. The van der Waals surface area contributed by atoms with Crippen molar-refractivity contribution in [3.8, 4) is 0 Å². The van der Waals surface area contributed by atoms with Crippen molar-refractivity contribution in [2.45, 2.75) is 13.0 Å². The van der Waals surface area contributed by atoms with Crippen molar-refractivity contribution in [2.24, 2.45) is 0 Å². The Hall–Kier alpha value is -2.54. The maximum absolute atomic E-state index is 12.2. The summed E-state index contributed by atoms with van der Waals surface area (Å²) in [6, 6.07) is 12.2. The van der Waals surface area contributed by atoms with E-state index >= 15 is 0 Å². The molecule has 0 aliphatic carbocycles. The highest BCUT2D eigenvalue weighted by atomic mass is 79.9. The molecule has 0 aliphatic heterocycles. The minimum atomic E-state index is -0.555. The summed E-state index contributed by atoms with van der Waals surface area (Å²) in [4.78, 5) is 35.1. The van der Waals surface area contributed by atoms with Crippen LogP contribution in [0.15, 0.2) is 54.9 Å². The fourth-order valence-electron chi connectivity index (χ4n) is 2.03. The van der Waals surface area contributed by atoms with Gasteiger partial charge in [-0.15, -0.1) is 0 Å². The molecular formula is C18H18BrNO5. The number of ether oxygens (including phenoxy) is 2. The number of hydrogen-bond acceptors (Lipinski definition) is 5. The lowest BCUT2D eigenvalue weighted by molar-refractivity contribution is -0.683. The number of Topliss-reactive ketones (excluding diaryl/α,β-unsaturated/α-hetero) is 1. The van der Waals surface area contributed by atoms with Gasteiger partial charge in [0.05, 0.1) is 13.5 Å². The molecule has 0 amide bonds. The van der Waals surface area contributed by atoms with E-state index < -0.39 is 11.9 Å². The number of rotatable bonds is 7. The lowest BCUT2D eigenvalue weighted by atomic mass is 10.1. The van der Waals surface area contributed by atoms with Crippen LogP contribution in [-0.4, -0.2) is 31.4 Å². The number of methoxy groups -OCH3 is 1.